The van der Waals surface area contributed by atoms with Gasteiger partial charge in [0.05, 0.1) is 24.4 Å². The Hall–Kier alpha value is -3.00. The number of ether oxygens (including phenoxy) is 2. The molecule has 2 rings (SSSR count). The minimum Gasteiger partial charge on any atom is -0.495 e. The van der Waals surface area contributed by atoms with Gasteiger partial charge in [-0.05, 0) is 54.3 Å². The molecule has 1 N–H and O–H groups in total. The SMILES string of the molecule is COc1ccc(C(C)(C)C)cc1NC(=O)[C@H](C)Oc1ccc(C#N)cc1. The van der Waals surface area contributed by atoms with Gasteiger partial charge in [-0.1, -0.05) is 26.8 Å². The predicted molar refractivity (Wildman–Crippen MR) is 102 cm³/mol. The molecule has 26 heavy (non-hydrogen) atoms. The van der Waals surface area contributed by atoms with Crippen LogP contribution >= 0.6 is 0 Å². The van der Waals surface area contributed by atoms with E-state index in [1.165, 1.54) is 0 Å². The van der Waals surface area contributed by atoms with Crippen LogP contribution in [0.5, 0.6) is 11.5 Å². The lowest BCUT2D eigenvalue weighted by atomic mass is 9.87. The van der Waals surface area contributed by atoms with Gasteiger partial charge in [0, 0.05) is 0 Å². The molecule has 0 aliphatic rings. The van der Waals surface area contributed by atoms with E-state index in [0.29, 0.717) is 22.7 Å². The number of nitrogens with one attached hydrogen (secondary N) is 1. The lowest BCUT2D eigenvalue weighted by molar-refractivity contribution is -0.122. The molecule has 5 heteroatoms. The molecule has 0 radical (unpaired) electrons. The lowest BCUT2D eigenvalue weighted by Crippen LogP contribution is -2.30. The number of nitriles is 1. The van der Waals surface area contributed by atoms with Gasteiger partial charge >= 0.3 is 0 Å². The average molecular weight is 352 g/mol. The van der Waals surface area contributed by atoms with Gasteiger partial charge in [-0.25, -0.2) is 0 Å². The van der Waals surface area contributed by atoms with Crippen LogP contribution in [0, 0.1) is 11.3 Å². The van der Waals surface area contributed by atoms with Gasteiger partial charge in [-0.2, -0.15) is 5.26 Å². The van der Waals surface area contributed by atoms with E-state index in [1.807, 2.05) is 24.3 Å². The van der Waals surface area contributed by atoms with E-state index in [-0.39, 0.29) is 11.3 Å². The summed E-state index contributed by atoms with van der Waals surface area (Å²) < 4.78 is 11.0. The van der Waals surface area contributed by atoms with Gasteiger partial charge < -0.3 is 14.8 Å². The molecule has 0 heterocycles. The molecule has 5 nitrogen and oxygen atoms in total. The van der Waals surface area contributed by atoms with Crippen molar-refractivity contribution < 1.29 is 14.3 Å². The van der Waals surface area contributed by atoms with Crippen molar-refractivity contribution in [1.29, 1.82) is 5.26 Å². The molecule has 0 aliphatic carbocycles. The zero-order valence-corrected chi connectivity index (χ0v) is 15.8. The van der Waals surface area contributed by atoms with Crippen LogP contribution in [0.25, 0.3) is 0 Å². The second-order valence-corrected chi connectivity index (χ2v) is 7.05. The van der Waals surface area contributed by atoms with Crippen LogP contribution in [0.4, 0.5) is 5.69 Å². The van der Waals surface area contributed by atoms with E-state index >= 15 is 0 Å². The molecule has 2 aromatic rings. The van der Waals surface area contributed by atoms with Crippen LogP contribution in [0.2, 0.25) is 0 Å². The maximum atomic E-state index is 12.5. The van der Waals surface area contributed by atoms with Crippen LogP contribution in [-0.4, -0.2) is 19.1 Å². The largest absolute Gasteiger partial charge is 0.495 e. The molecule has 1 atom stereocenters. The van der Waals surface area contributed by atoms with Crippen molar-refractivity contribution in [2.75, 3.05) is 12.4 Å². The minimum atomic E-state index is -0.703. The molecule has 1 amide bonds. The highest BCUT2D eigenvalue weighted by molar-refractivity contribution is 5.95. The van der Waals surface area contributed by atoms with Crippen molar-refractivity contribution in [3.05, 3.63) is 53.6 Å². The molecule has 136 valence electrons. The highest BCUT2D eigenvalue weighted by Gasteiger charge is 2.20. The molecular formula is C21H24N2O3. The molecule has 0 saturated carbocycles. The Morgan fingerprint density at radius 3 is 2.35 bits per heavy atom. The predicted octanol–water partition coefficient (Wildman–Crippen LogP) is 4.27. The highest BCUT2D eigenvalue weighted by Crippen LogP contribution is 2.31. The smallest absolute Gasteiger partial charge is 0.265 e. The van der Waals surface area contributed by atoms with Crippen LogP contribution in [0.1, 0.15) is 38.8 Å². The minimum absolute atomic E-state index is 0.0453. The van der Waals surface area contributed by atoms with Crippen molar-refractivity contribution in [3.8, 4) is 17.6 Å². The van der Waals surface area contributed by atoms with Crippen molar-refractivity contribution in [1.82, 2.24) is 0 Å². The summed E-state index contributed by atoms with van der Waals surface area (Å²) >= 11 is 0. The summed E-state index contributed by atoms with van der Waals surface area (Å²) in [4.78, 5) is 12.5. The van der Waals surface area contributed by atoms with Gasteiger partial charge in [-0.3, -0.25) is 4.79 Å². The first-order valence-corrected chi connectivity index (χ1v) is 8.41. The molecule has 0 saturated heterocycles. The third-order valence-corrected chi connectivity index (χ3v) is 3.99. The molecule has 0 spiro atoms. The summed E-state index contributed by atoms with van der Waals surface area (Å²) in [5.41, 5.74) is 2.20. The Balaban J connectivity index is 2.13. The monoisotopic (exact) mass is 352 g/mol. The second kappa shape index (κ2) is 7.92. The first kappa shape index (κ1) is 19.3. The average Bonchev–Trinajstić information content (AvgIpc) is 2.61. The Morgan fingerprint density at radius 2 is 1.81 bits per heavy atom. The summed E-state index contributed by atoms with van der Waals surface area (Å²) in [7, 11) is 1.57. The number of benzene rings is 2. The molecule has 0 aromatic heterocycles. The van der Waals surface area contributed by atoms with E-state index in [2.05, 4.69) is 26.1 Å². The van der Waals surface area contributed by atoms with Crippen LogP contribution in [0.15, 0.2) is 42.5 Å². The summed E-state index contributed by atoms with van der Waals surface area (Å²) in [5.74, 6) is 0.845. The number of hydrogen-bond donors (Lipinski definition) is 1. The number of carbonyl (C=O) groups is 1. The third kappa shape index (κ3) is 4.76. The molecule has 2 aromatic carbocycles. The van der Waals surface area contributed by atoms with E-state index in [4.69, 9.17) is 14.7 Å². The Morgan fingerprint density at radius 1 is 1.15 bits per heavy atom. The summed E-state index contributed by atoms with van der Waals surface area (Å²) in [6, 6.07) is 14.4. The second-order valence-electron chi connectivity index (χ2n) is 7.05. The van der Waals surface area contributed by atoms with Crippen LogP contribution in [0.3, 0.4) is 0 Å². The number of carbonyl (C=O) groups excluding carboxylic acids is 1. The summed E-state index contributed by atoms with van der Waals surface area (Å²) in [6.07, 6.45) is -0.703. The Kier molecular flexibility index (Phi) is 5.89. The van der Waals surface area contributed by atoms with Crippen LogP contribution in [-0.2, 0) is 10.2 Å². The first-order chi connectivity index (χ1) is 12.2. The summed E-state index contributed by atoms with van der Waals surface area (Å²) in [5, 5.41) is 11.7. The fraction of sp³-hybridized carbons (Fsp3) is 0.333. The standard InChI is InChI=1S/C21H24N2O3/c1-14(26-17-9-6-15(13-22)7-10-17)20(24)23-18-12-16(21(2,3)4)8-11-19(18)25-5/h6-12,14H,1-5H3,(H,23,24)/t14-/m0/s1. The summed E-state index contributed by atoms with van der Waals surface area (Å²) in [6.45, 7) is 8.00. The van der Waals surface area contributed by atoms with Gasteiger partial charge in [0.2, 0.25) is 0 Å². The maximum absolute atomic E-state index is 12.5. The highest BCUT2D eigenvalue weighted by atomic mass is 16.5. The van der Waals surface area contributed by atoms with Crippen molar-refractivity contribution in [2.24, 2.45) is 0 Å². The van der Waals surface area contributed by atoms with E-state index < -0.39 is 6.10 Å². The zero-order chi connectivity index (χ0) is 19.3. The lowest BCUT2D eigenvalue weighted by Gasteiger charge is -2.22. The number of methoxy groups -OCH3 is 1. The molecule has 0 bridgehead atoms. The van der Waals surface area contributed by atoms with Gasteiger partial charge in [0.25, 0.3) is 5.91 Å². The van der Waals surface area contributed by atoms with Gasteiger partial charge in [0.1, 0.15) is 11.5 Å². The van der Waals surface area contributed by atoms with E-state index in [0.717, 1.165) is 5.56 Å². The molecule has 0 fully saturated rings. The third-order valence-electron chi connectivity index (χ3n) is 3.99. The normalized spacial score (nSPS) is 12.0. The van der Waals surface area contributed by atoms with Crippen molar-refractivity contribution in [2.45, 2.75) is 39.2 Å². The number of amides is 1. The number of hydrogen-bond acceptors (Lipinski definition) is 4. The van der Waals surface area contributed by atoms with Crippen molar-refractivity contribution >= 4 is 11.6 Å². The van der Waals surface area contributed by atoms with Crippen molar-refractivity contribution in [3.63, 3.8) is 0 Å². The molecule has 0 aliphatic heterocycles. The van der Waals surface area contributed by atoms with Gasteiger partial charge in [0.15, 0.2) is 6.10 Å². The zero-order valence-electron chi connectivity index (χ0n) is 15.8. The number of rotatable bonds is 5. The van der Waals surface area contributed by atoms with E-state index in [1.54, 1.807) is 38.3 Å². The quantitative estimate of drug-likeness (QED) is 0.872. The fourth-order valence-corrected chi connectivity index (χ4v) is 2.37. The molecule has 0 unspecified atom stereocenters. The van der Waals surface area contributed by atoms with Crippen LogP contribution < -0.4 is 14.8 Å². The fourth-order valence-electron chi connectivity index (χ4n) is 2.37. The van der Waals surface area contributed by atoms with E-state index in [9.17, 15) is 4.79 Å². The first-order valence-electron chi connectivity index (χ1n) is 8.41. The maximum Gasteiger partial charge on any atom is 0.265 e. The Labute approximate surface area is 154 Å². The molecular weight excluding hydrogens is 328 g/mol. The Bertz CT molecular complexity index is 815. The topological polar surface area (TPSA) is 71.3 Å². The number of nitrogens with zero attached hydrogens (tertiary/aromatic N) is 1. The van der Waals surface area contributed by atoms with Gasteiger partial charge in [-0.15, -0.1) is 0 Å². The number of anilines is 1.